The number of thiophene rings is 1. The quantitative estimate of drug-likeness (QED) is 0.861. The number of hydrogen-bond acceptors (Lipinski definition) is 5. The molecule has 1 aliphatic heterocycles. The number of aliphatic hydroxyl groups is 1. The highest BCUT2D eigenvalue weighted by atomic mass is 32.2. The van der Waals surface area contributed by atoms with Crippen molar-refractivity contribution in [3.05, 3.63) is 22.4 Å². The van der Waals surface area contributed by atoms with Crippen molar-refractivity contribution in [2.75, 3.05) is 31.1 Å². The molecule has 2 heterocycles. The molecule has 6 heteroatoms. The van der Waals surface area contributed by atoms with Gasteiger partial charge in [0.15, 0.2) is 9.84 Å². The van der Waals surface area contributed by atoms with Crippen LogP contribution in [0.1, 0.15) is 11.7 Å². The van der Waals surface area contributed by atoms with E-state index in [4.69, 9.17) is 0 Å². The van der Waals surface area contributed by atoms with Gasteiger partial charge in [0.1, 0.15) is 0 Å². The van der Waals surface area contributed by atoms with E-state index in [1.54, 1.807) is 11.3 Å². The van der Waals surface area contributed by atoms with Gasteiger partial charge < -0.3 is 5.11 Å². The molecule has 1 unspecified atom stereocenters. The second-order valence-corrected chi connectivity index (χ2v) is 7.11. The Morgan fingerprint density at radius 2 is 2.12 bits per heavy atom. The molecule has 16 heavy (non-hydrogen) atoms. The second kappa shape index (κ2) is 4.83. The highest BCUT2D eigenvalue weighted by Crippen LogP contribution is 2.18. The van der Waals surface area contributed by atoms with E-state index in [0.29, 0.717) is 19.6 Å². The Bertz CT molecular complexity index is 413. The van der Waals surface area contributed by atoms with E-state index in [1.807, 2.05) is 21.7 Å². The third-order valence-electron chi connectivity index (χ3n) is 2.80. The lowest BCUT2D eigenvalue weighted by atomic mass is 10.2. The van der Waals surface area contributed by atoms with E-state index in [-0.39, 0.29) is 11.5 Å². The van der Waals surface area contributed by atoms with Crippen LogP contribution in [0.15, 0.2) is 16.8 Å². The Morgan fingerprint density at radius 1 is 1.44 bits per heavy atom. The van der Waals surface area contributed by atoms with E-state index in [9.17, 15) is 13.5 Å². The van der Waals surface area contributed by atoms with Gasteiger partial charge in [-0.3, -0.25) is 4.90 Å². The highest BCUT2D eigenvalue weighted by molar-refractivity contribution is 7.91. The largest absolute Gasteiger partial charge is 0.387 e. The van der Waals surface area contributed by atoms with Crippen molar-refractivity contribution in [2.45, 2.75) is 6.10 Å². The van der Waals surface area contributed by atoms with Gasteiger partial charge in [-0.1, -0.05) is 0 Å². The number of β-amino-alcohol motifs (C(OH)–C–C–N with tert-alkyl or cyclic N) is 1. The first-order valence-electron chi connectivity index (χ1n) is 5.20. The number of rotatable bonds is 3. The van der Waals surface area contributed by atoms with Crippen molar-refractivity contribution in [2.24, 2.45) is 0 Å². The molecular formula is C10H15NO3S2. The van der Waals surface area contributed by atoms with Crippen LogP contribution in [-0.2, 0) is 9.84 Å². The average molecular weight is 261 g/mol. The van der Waals surface area contributed by atoms with Crippen LogP contribution in [-0.4, -0.2) is 49.6 Å². The summed E-state index contributed by atoms with van der Waals surface area (Å²) in [5.41, 5.74) is 0.915. The minimum Gasteiger partial charge on any atom is -0.387 e. The van der Waals surface area contributed by atoms with Crippen molar-refractivity contribution in [1.29, 1.82) is 0 Å². The molecule has 0 bridgehead atoms. The molecule has 1 fully saturated rings. The zero-order valence-electron chi connectivity index (χ0n) is 8.87. The zero-order chi connectivity index (χ0) is 11.6. The van der Waals surface area contributed by atoms with E-state index in [1.165, 1.54) is 0 Å². The first kappa shape index (κ1) is 12.0. The Morgan fingerprint density at radius 3 is 2.69 bits per heavy atom. The molecule has 1 N–H and O–H groups in total. The summed E-state index contributed by atoms with van der Waals surface area (Å²) in [5, 5.41) is 13.8. The van der Waals surface area contributed by atoms with Gasteiger partial charge >= 0.3 is 0 Å². The monoisotopic (exact) mass is 261 g/mol. The molecule has 0 aromatic carbocycles. The molecule has 0 saturated carbocycles. The van der Waals surface area contributed by atoms with Crippen LogP contribution >= 0.6 is 11.3 Å². The molecule has 1 atom stereocenters. The normalized spacial score (nSPS) is 23.1. The van der Waals surface area contributed by atoms with Gasteiger partial charge in [-0.05, 0) is 22.4 Å². The third-order valence-corrected chi connectivity index (χ3v) is 5.11. The fourth-order valence-corrected chi connectivity index (χ4v) is 3.73. The van der Waals surface area contributed by atoms with E-state index < -0.39 is 15.9 Å². The Kier molecular flexibility index (Phi) is 3.63. The maximum Gasteiger partial charge on any atom is 0.152 e. The van der Waals surface area contributed by atoms with Crippen molar-refractivity contribution >= 4 is 21.2 Å². The van der Waals surface area contributed by atoms with Gasteiger partial charge in [0.25, 0.3) is 0 Å². The smallest absolute Gasteiger partial charge is 0.152 e. The number of hydrogen-bond donors (Lipinski definition) is 1. The van der Waals surface area contributed by atoms with Crippen molar-refractivity contribution in [3.63, 3.8) is 0 Å². The lowest BCUT2D eigenvalue weighted by Crippen LogP contribution is -2.42. The molecule has 0 spiro atoms. The molecule has 4 nitrogen and oxygen atoms in total. The van der Waals surface area contributed by atoms with Crippen molar-refractivity contribution in [3.8, 4) is 0 Å². The molecule has 1 aromatic heterocycles. The topological polar surface area (TPSA) is 57.6 Å². The molecule has 2 rings (SSSR count). The summed E-state index contributed by atoms with van der Waals surface area (Å²) < 4.78 is 22.4. The average Bonchev–Trinajstić information content (AvgIpc) is 2.74. The molecular weight excluding hydrogens is 246 g/mol. The van der Waals surface area contributed by atoms with E-state index >= 15 is 0 Å². The summed E-state index contributed by atoms with van der Waals surface area (Å²) in [7, 11) is -2.83. The molecule has 90 valence electrons. The summed E-state index contributed by atoms with van der Waals surface area (Å²) >= 11 is 1.56. The summed E-state index contributed by atoms with van der Waals surface area (Å²) in [6.07, 6.45) is -0.507. The number of aliphatic hydroxyl groups excluding tert-OH is 1. The molecule has 0 aliphatic carbocycles. The SMILES string of the molecule is O=S1(=O)CCN(CC(O)c2ccsc2)CC1. The lowest BCUT2D eigenvalue weighted by molar-refractivity contribution is 0.118. The van der Waals surface area contributed by atoms with Crippen LogP contribution < -0.4 is 0 Å². The summed E-state index contributed by atoms with van der Waals surface area (Å²) in [6, 6.07) is 1.90. The first-order valence-corrected chi connectivity index (χ1v) is 7.96. The molecule has 1 aromatic rings. The Balaban J connectivity index is 1.87. The maximum absolute atomic E-state index is 11.2. The van der Waals surface area contributed by atoms with Crippen molar-refractivity contribution in [1.82, 2.24) is 4.90 Å². The van der Waals surface area contributed by atoms with Crippen LogP contribution in [0.5, 0.6) is 0 Å². The minimum absolute atomic E-state index is 0.212. The predicted molar refractivity (Wildman–Crippen MR) is 64.4 cm³/mol. The van der Waals surface area contributed by atoms with E-state index in [0.717, 1.165) is 5.56 Å². The first-order chi connectivity index (χ1) is 7.57. The van der Waals surface area contributed by atoms with Gasteiger partial charge in [-0.2, -0.15) is 11.3 Å². The Hall–Kier alpha value is -0.430. The van der Waals surface area contributed by atoms with Gasteiger partial charge in [0.05, 0.1) is 17.6 Å². The van der Waals surface area contributed by atoms with Gasteiger partial charge in [0.2, 0.25) is 0 Å². The number of sulfone groups is 1. The maximum atomic E-state index is 11.2. The molecule has 0 radical (unpaired) electrons. The van der Waals surface area contributed by atoms with Gasteiger partial charge in [-0.15, -0.1) is 0 Å². The third kappa shape index (κ3) is 3.04. The van der Waals surface area contributed by atoms with Crippen LogP contribution in [0.25, 0.3) is 0 Å². The fraction of sp³-hybridized carbons (Fsp3) is 0.600. The van der Waals surface area contributed by atoms with Gasteiger partial charge in [-0.25, -0.2) is 8.42 Å². The summed E-state index contributed by atoms with van der Waals surface area (Å²) in [4.78, 5) is 2.00. The van der Waals surface area contributed by atoms with Gasteiger partial charge in [0, 0.05) is 19.6 Å². The fourth-order valence-electron chi connectivity index (χ4n) is 1.75. The predicted octanol–water partition coefficient (Wildman–Crippen LogP) is 0.512. The molecule has 1 saturated heterocycles. The summed E-state index contributed by atoms with van der Waals surface area (Å²) in [6.45, 7) is 1.58. The van der Waals surface area contributed by atoms with E-state index in [2.05, 4.69) is 0 Å². The van der Waals surface area contributed by atoms with Crippen LogP contribution in [0, 0.1) is 0 Å². The molecule has 1 aliphatic rings. The van der Waals surface area contributed by atoms with Crippen LogP contribution in [0.3, 0.4) is 0 Å². The van der Waals surface area contributed by atoms with Crippen LogP contribution in [0.2, 0.25) is 0 Å². The lowest BCUT2D eigenvalue weighted by Gasteiger charge is -2.28. The number of nitrogens with zero attached hydrogens (tertiary/aromatic N) is 1. The highest BCUT2D eigenvalue weighted by Gasteiger charge is 2.23. The van der Waals surface area contributed by atoms with Crippen LogP contribution in [0.4, 0.5) is 0 Å². The standard InChI is InChI=1S/C10H15NO3S2/c12-10(9-1-4-15-8-9)7-11-2-5-16(13,14)6-3-11/h1,4,8,10,12H,2-3,5-7H2. The molecule has 0 amide bonds. The zero-order valence-corrected chi connectivity index (χ0v) is 10.5. The Labute approximate surface area is 99.4 Å². The van der Waals surface area contributed by atoms with Crippen molar-refractivity contribution < 1.29 is 13.5 Å². The second-order valence-electron chi connectivity index (χ2n) is 4.02. The summed E-state index contributed by atoms with van der Waals surface area (Å²) in [5.74, 6) is 0.423. The minimum atomic E-state index is -2.83.